The number of carbonyl (C=O) groups excluding carboxylic acids is 1. The molecule has 2 aromatic carbocycles. The SMILES string of the molecule is CCCC(=O)N[C@@H](C)c1nc2ccccc2n1Cc1ccc(Cl)cc1. The highest BCUT2D eigenvalue weighted by Crippen LogP contribution is 2.23. The fourth-order valence-electron chi connectivity index (χ4n) is 2.97. The van der Waals surface area contributed by atoms with Crippen LogP contribution in [0, 0.1) is 0 Å². The van der Waals surface area contributed by atoms with E-state index < -0.39 is 0 Å². The first-order valence-corrected chi connectivity index (χ1v) is 8.95. The molecule has 0 radical (unpaired) electrons. The van der Waals surface area contributed by atoms with Gasteiger partial charge in [-0.05, 0) is 43.2 Å². The minimum atomic E-state index is -0.154. The second-order valence-electron chi connectivity index (χ2n) is 6.21. The fraction of sp³-hybridized carbons (Fsp3) is 0.300. The molecule has 0 spiro atoms. The highest BCUT2D eigenvalue weighted by molar-refractivity contribution is 6.30. The average molecular weight is 356 g/mol. The average Bonchev–Trinajstić information content (AvgIpc) is 2.96. The van der Waals surface area contributed by atoms with Gasteiger partial charge in [-0.3, -0.25) is 4.79 Å². The van der Waals surface area contributed by atoms with Gasteiger partial charge >= 0.3 is 0 Å². The standard InChI is InChI=1S/C20H22ClN3O/c1-3-6-19(25)22-14(2)20-23-17-7-4-5-8-18(17)24(20)13-15-9-11-16(21)12-10-15/h4-5,7-12,14H,3,6,13H2,1-2H3,(H,22,25)/t14-/m0/s1. The molecule has 1 heterocycles. The van der Waals surface area contributed by atoms with Gasteiger partial charge in [0.2, 0.25) is 5.91 Å². The molecule has 130 valence electrons. The summed E-state index contributed by atoms with van der Waals surface area (Å²) in [6, 6.07) is 15.7. The van der Waals surface area contributed by atoms with Gasteiger partial charge in [0.15, 0.2) is 0 Å². The van der Waals surface area contributed by atoms with Crippen molar-refractivity contribution in [1.29, 1.82) is 0 Å². The zero-order valence-corrected chi connectivity index (χ0v) is 15.3. The number of nitrogens with zero attached hydrogens (tertiary/aromatic N) is 2. The Morgan fingerprint density at radius 2 is 1.92 bits per heavy atom. The summed E-state index contributed by atoms with van der Waals surface area (Å²) in [5, 5.41) is 3.77. The van der Waals surface area contributed by atoms with E-state index in [0.29, 0.717) is 13.0 Å². The molecule has 1 aromatic heterocycles. The molecule has 1 N–H and O–H groups in total. The third-order valence-corrected chi connectivity index (χ3v) is 4.43. The number of hydrogen-bond acceptors (Lipinski definition) is 2. The van der Waals surface area contributed by atoms with E-state index in [4.69, 9.17) is 16.6 Å². The molecule has 25 heavy (non-hydrogen) atoms. The topological polar surface area (TPSA) is 46.9 Å². The van der Waals surface area contributed by atoms with Crippen LogP contribution in [0.5, 0.6) is 0 Å². The molecule has 0 saturated heterocycles. The fourth-order valence-corrected chi connectivity index (χ4v) is 3.09. The molecule has 3 aromatic rings. The first-order chi connectivity index (χ1) is 12.1. The van der Waals surface area contributed by atoms with E-state index in [9.17, 15) is 4.79 Å². The zero-order valence-electron chi connectivity index (χ0n) is 14.5. The number of halogens is 1. The Kier molecular flexibility index (Phi) is 5.39. The number of carbonyl (C=O) groups is 1. The monoisotopic (exact) mass is 355 g/mol. The number of fused-ring (bicyclic) bond motifs is 1. The van der Waals surface area contributed by atoms with Crippen LogP contribution in [0.3, 0.4) is 0 Å². The van der Waals surface area contributed by atoms with Crippen molar-refractivity contribution in [2.45, 2.75) is 39.3 Å². The maximum atomic E-state index is 12.0. The smallest absolute Gasteiger partial charge is 0.220 e. The van der Waals surface area contributed by atoms with E-state index in [0.717, 1.165) is 33.9 Å². The van der Waals surface area contributed by atoms with Gasteiger partial charge in [-0.25, -0.2) is 4.98 Å². The van der Waals surface area contributed by atoms with Crippen LogP contribution in [0.15, 0.2) is 48.5 Å². The van der Waals surface area contributed by atoms with E-state index in [2.05, 4.69) is 16.0 Å². The maximum absolute atomic E-state index is 12.0. The first kappa shape index (κ1) is 17.5. The summed E-state index contributed by atoms with van der Waals surface area (Å²) in [6.07, 6.45) is 1.36. The summed E-state index contributed by atoms with van der Waals surface area (Å²) in [7, 11) is 0. The number of aromatic nitrogens is 2. The van der Waals surface area contributed by atoms with Crippen LogP contribution in [0.2, 0.25) is 5.02 Å². The molecule has 0 aliphatic carbocycles. The van der Waals surface area contributed by atoms with Crippen molar-refractivity contribution in [2.75, 3.05) is 0 Å². The van der Waals surface area contributed by atoms with E-state index in [1.54, 1.807) is 0 Å². The van der Waals surface area contributed by atoms with E-state index in [1.807, 2.05) is 56.3 Å². The Balaban J connectivity index is 1.96. The number of benzene rings is 2. The van der Waals surface area contributed by atoms with Crippen LogP contribution in [-0.2, 0) is 11.3 Å². The lowest BCUT2D eigenvalue weighted by molar-refractivity contribution is -0.121. The molecule has 0 saturated carbocycles. The van der Waals surface area contributed by atoms with Gasteiger partial charge in [0.1, 0.15) is 5.82 Å². The van der Waals surface area contributed by atoms with Crippen LogP contribution < -0.4 is 5.32 Å². The molecule has 0 bridgehead atoms. The highest BCUT2D eigenvalue weighted by atomic mass is 35.5. The van der Waals surface area contributed by atoms with Crippen molar-refractivity contribution in [1.82, 2.24) is 14.9 Å². The lowest BCUT2D eigenvalue weighted by Crippen LogP contribution is -2.28. The third kappa shape index (κ3) is 4.02. The number of nitrogens with one attached hydrogen (secondary N) is 1. The van der Waals surface area contributed by atoms with Gasteiger partial charge in [0, 0.05) is 18.0 Å². The molecule has 4 nitrogen and oxygen atoms in total. The Morgan fingerprint density at radius 3 is 2.64 bits per heavy atom. The van der Waals surface area contributed by atoms with Gasteiger partial charge < -0.3 is 9.88 Å². The highest BCUT2D eigenvalue weighted by Gasteiger charge is 2.18. The predicted molar refractivity (Wildman–Crippen MR) is 102 cm³/mol. The van der Waals surface area contributed by atoms with Crippen LogP contribution in [0.25, 0.3) is 11.0 Å². The minimum Gasteiger partial charge on any atom is -0.346 e. The molecule has 1 amide bonds. The van der Waals surface area contributed by atoms with Gasteiger partial charge in [-0.2, -0.15) is 0 Å². The summed E-state index contributed by atoms with van der Waals surface area (Å²) in [5.74, 6) is 0.917. The summed E-state index contributed by atoms with van der Waals surface area (Å²) < 4.78 is 2.16. The quantitative estimate of drug-likeness (QED) is 0.695. The van der Waals surface area contributed by atoms with Gasteiger partial charge in [-0.15, -0.1) is 0 Å². The molecule has 5 heteroatoms. The molecule has 1 atom stereocenters. The van der Waals surface area contributed by atoms with Crippen molar-refractivity contribution >= 4 is 28.5 Å². The summed E-state index contributed by atoms with van der Waals surface area (Å²) in [6.45, 7) is 4.66. The summed E-state index contributed by atoms with van der Waals surface area (Å²) in [5.41, 5.74) is 3.13. The number of amides is 1. The third-order valence-electron chi connectivity index (χ3n) is 4.18. The molecule has 0 unspecified atom stereocenters. The maximum Gasteiger partial charge on any atom is 0.220 e. The van der Waals surface area contributed by atoms with Crippen molar-refractivity contribution in [3.8, 4) is 0 Å². The molecular formula is C20H22ClN3O. The van der Waals surface area contributed by atoms with Crippen molar-refractivity contribution in [2.24, 2.45) is 0 Å². The lowest BCUT2D eigenvalue weighted by atomic mass is 10.2. The normalized spacial score (nSPS) is 12.3. The number of rotatable bonds is 6. The van der Waals surface area contributed by atoms with Gasteiger partial charge in [0.25, 0.3) is 0 Å². The van der Waals surface area contributed by atoms with Crippen molar-refractivity contribution in [3.63, 3.8) is 0 Å². The van der Waals surface area contributed by atoms with Crippen molar-refractivity contribution < 1.29 is 4.79 Å². The first-order valence-electron chi connectivity index (χ1n) is 8.57. The predicted octanol–water partition coefficient (Wildman–Crippen LogP) is 4.72. The van der Waals surface area contributed by atoms with E-state index in [-0.39, 0.29) is 11.9 Å². The van der Waals surface area contributed by atoms with Crippen molar-refractivity contribution in [3.05, 3.63) is 64.9 Å². The molecule has 3 rings (SSSR count). The summed E-state index contributed by atoms with van der Waals surface area (Å²) >= 11 is 5.99. The molecule has 0 fully saturated rings. The van der Waals surface area contributed by atoms with Crippen LogP contribution in [0.4, 0.5) is 0 Å². The second-order valence-corrected chi connectivity index (χ2v) is 6.65. The van der Waals surface area contributed by atoms with Crippen LogP contribution >= 0.6 is 11.6 Å². The van der Waals surface area contributed by atoms with Crippen LogP contribution in [0.1, 0.15) is 44.1 Å². The van der Waals surface area contributed by atoms with Gasteiger partial charge in [0.05, 0.1) is 17.1 Å². The Labute approximate surface area is 152 Å². The molecule has 0 aliphatic rings. The number of para-hydroxylation sites is 2. The minimum absolute atomic E-state index is 0.0556. The van der Waals surface area contributed by atoms with Gasteiger partial charge in [-0.1, -0.05) is 42.8 Å². The second kappa shape index (κ2) is 7.70. The van der Waals surface area contributed by atoms with E-state index in [1.165, 1.54) is 0 Å². The zero-order chi connectivity index (χ0) is 17.8. The molecular weight excluding hydrogens is 334 g/mol. The number of imidazole rings is 1. The lowest BCUT2D eigenvalue weighted by Gasteiger charge is -2.16. The summed E-state index contributed by atoms with van der Waals surface area (Å²) in [4.78, 5) is 16.7. The number of hydrogen-bond donors (Lipinski definition) is 1. The Hall–Kier alpha value is -2.33. The van der Waals surface area contributed by atoms with Crippen LogP contribution in [-0.4, -0.2) is 15.5 Å². The Morgan fingerprint density at radius 1 is 1.20 bits per heavy atom. The Bertz CT molecular complexity index is 870. The largest absolute Gasteiger partial charge is 0.346 e. The molecule has 0 aliphatic heterocycles. The van der Waals surface area contributed by atoms with E-state index >= 15 is 0 Å².